The van der Waals surface area contributed by atoms with Gasteiger partial charge in [0, 0.05) is 50.2 Å². The van der Waals surface area contributed by atoms with Crippen LogP contribution in [0.15, 0.2) is 40.5 Å². The molecule has 2 fully saturated rings. The van der Waals surface area contributed by atoms with E-state index in [0.29, 0.717) is 17.8 Å². The van der Waals surface area contributed by atoms with Crippen LogP contribution in [-0.2, 0) is 4.79 Å². The van der Waals surface area contributed by atoms with Gasteiger partial charge in [-0.15, -0.1) is 11.3 Å². The van der Waals surface area contributed by atoms with Gasteiger partial charge in [0.15, 0.2) is 0 Å². The Balaban J connectivity index is 1.27. The quantitative estimate of drug-likeness (QED) is 0.646. The van der Waals surface area contributed by atoms with Crippen molar-refractivity contribution in [2.24, 2.45) is 0 Å². The molecule has 1 aromatic carbocycles. The number of hydrogen-bond donors (Lipinski definition) is 1. The van der Waals surface area contributed by atoms with Crippen molar-refractivity contribution in [3.63, 3.8) is 0 Å². The van der Waals surface area contributed by atoms with E-state index in [4.69, 9.17) is 4.98 Å². The van der Waals surface area contributed by atoms with Crippen molar-refractivity contribution in [1.82, 2.24) is 24.7 Å². The standard InChI is InChI=1S/C24H29N5O2S/c1-17(28-13-11-27(12-14-28)15-20(30)29-9-5-6-10-29)22-25-23(31)21-19(16-32-24(21)26-22)18-7-3-2-4-8-18/h2-4,7-8,16-17H,5-6,9-15H2,1H3,(H,25,26,31)/t17-/m1/s1. The van der Waals surface area contributed by atoms with E-state index in [-0.39, 0.29) is 17.5 Å². The molecule has 7 nitrogen and oxygen atoms in total. The summed E-state index contributed by atoms with van der Waals surface area (Å²) in [4.78, 5) is 40.7. The van der Waals surface area contributed by atoms with Gasteiger partial charge in [0.2, 0.25) is 5.91 Å². The molecule has 1 amide bonds. The number of aromatic amines is 1. The summed E-state index contributed by atoms with van der Waals surface area (Å²) < 4.78 is 0. The first-order valence-corrected chi connectivity index (χ1v) is 12.3. The molecule has 0 radical (unpaired) electrons. The Morgan fingerprint density at radius 3 is 2.53 bits per heavy atom. The van der Waals surface area contributed by atoms with Crippen LogP contribution in [0.2, 0.25) is 0 Å². The Hall–Kier alpha value is -2.55. The minimum Gasteiger partial charge on any atom is -0.342 e. The van der Waals surface area contributed by atoms with E-state index in [1.807, 2.05) is 40.6 Å². The molecular weight excluding hydrogens is 422 g/mol. The first-order chi connectivity index (χ1) is 15.6. The summed E-state index contributed by atoms with van der Waals surface area (Å²) in [5, 5.41) is 2.69. The number of H-pyrrole nitrogens is 1. The van der Waals surface area contributed by atoms with Gasteiger partial charge >= 0.3 is 0 Å². The Bertz CT molecular complexity index is 1140. The third-order valence-electron chi connectivity index (χ3n) is 6.72. The van der Waals surface area contributed by atoms with Gasteiger partial charge in [-0.25, -0.2) is 4.98 Å². The van der Waals surface area contributed by atoms with Crippen molar-refractivity contribution in [3.05, 3.63) is 51.9 Å². The molecule has 2 aliphatic heterocycles. The number of hydrogen-bond acceptors (Lipinski definition) is 6. The molecule has 0 aliphatic carbocycles. The number of likely N-dealkylation sites (tertiary alicyclic amines) is 1. The SMILES string of the molecule is C[C@H](c1nc2scc(-c3ccccc3)c2c(=O)[nH]1)N1CCN(CC(=O)N2CCCC2)CC1. The maximum Gasteiger partial charge on any atom is 0.260 e. The molecule has 2 saturated heterocycles. The predicted octanol–water partition coefficient (Wildman–Crippen LogP) is 2.95. The zero-order valence-corrected chi connectivity index (χ0v) is 19.2. The van der Waals surface area contributed by atoms with Crippen molar-refractivity contribution in [1.29, 1.82) is 0 Å². The van der Waals surface area contributed by atoms with E-state index in [1.54, 1.807) is 0 Å². The van der Waals surface area contributed by atoms with Gasteiger partial charge in [-0.05, 0) is 25.3 Å². The molecule has 32 heavy (non-hydrogen) atoms. The van der Waals surface area contributed by atoms with Crippen LogP contribution in [0.25, 0.3) is 21.3 Å². The van der Waals surface area contributed by atoms with Crippen LogP contribution in [0.3, 0.4) is 0 Å². The third kappa shape index (κ3) is 4.22. The van der Waals surface area contributed by atoms with E-state index in [2.05, 4.69) is 21.7 Å². The normalized spacial score (nSPS) is 19.0. The average Bonchev–Trinajstić information content (AvgIpc) is 3.50. The molecule has 2 aromatic heterocycles. The number of rotatable bonds is 5. The maximum atomic E-state index is 13.0. The molecular formula is C24H29N5O2S. The summed E-state index contributed by atoms with van der Waals surface area (Å²) in [5.41, 5.74) is 1.90. The van der Waals surface area contributed by atoms with Crippen LogP contribution >= 0.6 is 11.3 Å². The van der Waals surface area contributed by atoms with Crippen LogP contribution in [0.4, 0.5) is 0 Å². The lowest BCUT2D eigenvalue weighted by Gasteiger charge is -2.37. The zero-order valence-electron chi connectivity index (χ0n) is 18.4. The van der Waals surface area contributed by atoms with Crippen molar-refractivity contribution in [3.8, 4) is 11.1 Å². The van der Waals surface area contributed by atoms with Crippen molar-refractivity contribution >= 4 is 27.5 Å². The van der Waals surface area contributed by atoms with Gasteiger partial charge in [-0.2, -0.15) is 0 Å². The number of amides is 1. The fourth-order valence-corrected chi connectivity index (χ4v) is 5.69. The largest absolute Gasteiger partial charge is 0.342 e. The molecule has 0 spiro atoms. The Kier molecular flexibility index (Phi) is 6.08. The molecule has 4 heterocycles. The minimum atomic E-state index is -0.0770. The molecule has 0 bridgehead atoms. The second-order valence-electron chi connectivity index (χ2n) is 8.72. The Morgan fingerprint density at radius 2 is 1.81 bits per heavy atom. The molecule has 2 aliphatic rings. The number of benzene rings is 1. The molecule has 168 valence electrons. The lowest BCUT2D eigenvalue weighted by molar-refractivity contribution is -0.131. The molecule has 5 rings (SSSR count). The molecule has 3 aromatic rings. The van der Waals surface area contributed by atoms with Crippen LogP contribution in [0.5, 0.6) is 0 Å². The van der Waals surface area contributed by atoms with E-state index < -0.39 is 0 Å². The Labute approximate surface area is 191 Å². The summed E-state index contributed by atoms with van der Waals surface area (Å²) in [6.07, 6.45) is 2.26. The first-order valence-electron chi connectivity index (χ1n) is 11.4. The average molecular weight is 452 g/mol. The molecule has 0 unspecified atom stereocenters. The van der Waals surface area contributed by atoms with Gasteiger partial charge in [-0.3, -0.25) is 19.4 Å². The van der Waals surface area contributed by atoms with Crippen LogP contribution in [0, 0.1) is 0 Å². The predicted molar refractivity (Wildman–Crippen MR) is 128 cm³/mol. The van der Waals surface area contributed by atoms with E-state index in [9.17, 15) is 9.59 Å². The lowest BCUT2D eigenvalue weighted by Crippen LogP contribution is -2.50. The van der Waals surface area contributed by atoms with Crippen molar-refractivity contribution in [2.45, 2.75) is 25.8 Å². The van der Waals surface area contributed by atoms with Crippen LogP contribution < -0.4 is 5.56 Å². The summed E-state index contributed by atoms with van der Waals surface area (Å²) in [6.45, 7) is 7.85. The van der Waals surface area contributed by atoms with E-state index >= 15 is 0 Å². The minimum absolute atomic E-state index is 0.0193. The highest BCUT2D eigenvalue weighted by Crippen LogP contribution is 2.31. The topological polar surface area (TPSA) is 72.5 Å². The summed E-state index contributed by atoms with van der Waals surface area (Å²) in [7, 11) is 0. The number of fused-ring (bicyclic) bond motifs is 1. The first kappa shape index (κ1) is 21.3. The van der Waals surface area contributed by atoms with Gasteiger partial charge in [0.25, 0.3) is 5.56 Å². The van der Waals surface area contributed by atoms with Gasteiger partial charge in [0.1, 0.15) is 10.7 Å². The lowest BCUT2D eigenvalue weighted by atomic mass is 10.1. The molecule has 8 heteroatoms. The number of carbonyl (C=O) groups excluding carboxylic acids is 1. The smallest absolute Gasteiger partial charge is 0.260 e. The summed E-state index contributed by atoms with van der Waals surface area (Å²) >= 11 is 1.52. The van der Waals surface area contributed by atoms with Crippen molar-refractivity contribution < 1.29 is 4.79 Å². The number of nitrogens with one attached hydrogen (secondary N) is 1. The molecule has 1 N–H and O–H groups in total. The highest BCUT2D eigenvalue weighted by Gasteiger charge is 2.27. The van der Waals surface area contributed by atoms with Crippen molar-refractivity contribution in [2.75, 3.05) is 45.8 Å². The zero-order chi connectivity index (χ0) is 22.1. The highest BCUT2D eigenvalue weighted by atomic mass is 32.1. The molecule has 1 atom stereocenters. The van der Waals surface area contributed by atoms with Gasteiger partial charge in [0.05, 0.1) is 18.0 Å². The number of aromatic nitrogens is 2. The van der Waals surface area contributed by atoms with Gasteiger partial charge < -0.3 is 9.88 Å². The second-order valence-corrected chi connectivity index (χ2v) is 9.58. The second kappa shape index (κ2) is 9.13. The summed E-state index contributed by atoms with van der Waals surface area (Å²) in [6, 6.07) is 10.00. The number of thiophene rings is 1. The molecule has 0 saturated carbocycles. The van der Waals surface area contributed by atoms with Crippen LogP contribution in [0.1, 0.15) is 31.6 Å². The van der Waals surface area contributed by atoms with Crippen LogP contribution in [-0.4, -0.2) is 76.4 Å². The number of piperazine rings is 1. The fraction of sp³-hybridized carbons (Fsp3) is 0.458. The monoisotopic (exact) mass is 451 g/mol. The van der Waals surface area contributed by atoms with E-state index in [0.717, 1.165) is 68.1 Å². The fourth-order valence-electron chi connectivity index (χ4n) is 4.73. The summed E-state index contributed by atoms with van der Waals surface area (Å²) in [5.74, 6) is 0.970. The highest BCUT2D eigenvalue weighted by molar-refractivity contribution is 7.17. The number of nitrogens with zero attached hydrogens (tertiary/aromatic N) is 4. The third-order valence-corrected chi connectivity index (χ3v) is 7.59. The maximum absolute atomic E-state index is 13.0. The van der Waals surface area contributed by atoms with E-state index in [1.165, 1.54) is 11.3 Å². The van der Waals surface area contributed by atoms with Gasteiger partial charge in [-0.1, -0.05) is 30.3 Å². The Morgan fingerprint density at radius 1 is 1.09 bits per heavy atom. The number of carbonyl (C=O) groups is 1.